The van der Waals surface area contributed by atoms with Crippen LogP contribution in [0.2, 0.25) is 0 Å². The smallest absolute Gasteiger partial charge is 0.407 e. The van der Waals surface area contributed by atoms with Crippen LogP contribution in [0.1, 0.15) is 28.8 Å². The number of carbonyl (C=O) groups excluding carboxylic acids is 3. The predicted octanol–water partition coefficient (Wildman–Crippen LogP) is 2.45. The van der Waals surface area contributed by atoms with Crippen molar-refractivity contribution in [1.29, 1.82) is 0 Å². The minimum Gasteiger partial charge on any atom is -0.456 e. The van der Waals surface area contributed by atoms with E-state index in [1.165, 1.54) is 0 Å². The second-order valence-corrected chi connectivity index (χ2v) is 6.13. The molecule has 7 heteroatoms. The van der Waals surface area contributed by atoms with Crippen molar-refractivity contribution < 1.29 is 23.9 Å². The molecule has 0 bridgehead atoms. The maximum Gasteiger partial charge on any atom is 0.407 e. The minimum absolute atomic E-state index is 0.188. The molecule has 0 heterocycles. The van der Waals surface area contributed by atoms with Crippen LogP contribution in [0.4, 0.5) is 4.79 Å². The van der Waals surface area contributed by atoms with Gasteiger partial charge >= 0.3 is 12.1 Å². The third kappa shape index (κ3) is 7.59. The van der Waals surface area contributed by atoms with Crippen LogP contribution in [0.3, 0.4) is 0 Å². The molecule has 2 rings (SSSR count). The van der Waals surface area contributed by atoms with Gasteiger partial charge in [-0.2, -0.15) is 0 Å². The first-order valence-electron chi connectivity index (χ1n) is 9.01. The Morgan fingerprint density at radius 2 is 1.57 bits per heavy atom. The number of ether oxygens (including phenoxy) is 2. The second kappa shape index (κ2) is 11.5. The summed E-state index contributed by atoms with van der Waals surface area (Å²) in [6.07, 6.45) is 0.258. The number of esters is 1. The molecule has 7 nitrogen and oxygen atoms in total. The first-order valence-corrected chi connectivity index (χ1v) is 9.01. The monoisotopic (exact) mass is 384 g/mol. The largest absolute Gasteiger partial charge is 0.456 e. The summed E-state index contributed by atoms with van der Waals surface area (Å²) in [4.78, 5) is 35.4. The zero-order chi connectivity index (χ0) is 20.2. The first-order chi connectivity index (χ1) is 13.6. The molecule has 0 saturated heterocycles. The molecule has 0 spiro atoms. The summed E-state index contributed by atoms with van der Waals surface area (Å²) in [5.74, 6) is -0.931. The molecule has 0 unspecified atom stereocenters. The number of alkyl carbamates (subject to hydrolysis) is 1. The molecule has 0 aliphatic rings. The zero-order valence-electron chi connectivity index (χ0n) is 15.5. The Kier molecular flexibility index (Phi) is 8.68. The third-order valence-corrected chi connectivity index (χ3v) is 3.92. The van der Waals surface area contributed by atoms with Crippen LogP contribution in [0.25, 0.3) is 0 Å². The summed E-state index contributed by atoms with van der Waals surface area (Å²) < 4.78 is 10.0. The SMILES string of the molecule is N[C@@H](CCCNC(=O)OCc1ccccc1)C(=O)OCC(=O)c1ccccc1. The Labute approximate surface area is 163 Å². The van der Waals surface area contributed by atoms with Gasteiger partial charge in [0.25, 0.3) is 0 Å². The molecule has 2 aromatic rings. The molecule has 2 aromatic carbocycles. The van der Waals surface area contributed by atoms with Crippen molar-refractivity contribution in [3.63, 3.8) is 0 Å². The van der Waals surface area contributed by atoms with Crippen molar-refractivity contribution in [3.05, 3.63) is 71.8 Å². The van der Waals surface area contributed by atoms with Crippen LogP contribution < -0.4 is 11.1 Å². The lowest BCUT2D eigenvalue weighted by atomic mass is 10.1. The Morgan fingerprint density at radius 1 is 0.929 bits per heavy atom. The van der Waals surface area contributed by atoms with E-state index < -0.39 is 18.1 Å². The van der Waals surface area contributed by atoms with Crippen LogP contribution in [-0.2, 0) is 20.9 Å². The van der Waals surface area contributed by atoms with Crippen LogP contribution in [0.5, 0.6) is 0 Å². The third-order valence-electron chi connectivity index (χ3n) is 3.92. The maximum atomic E-state index is 11.9. The van der Waals surface area contributed by atoms with Crippen LogP contribution in [0, 0.1) is 0 Å². The maximum absolute atomic E-state index is 11.9. The number of Topliss-reactive ketones (excluding diaryl/α,β-unsaturated/α-hetero) is 1. The highest BCUT2D eigenvalue weighted by atomic mass is 16.5. The van der Waals surface area contributed by atoms with E-state index in [0.717, 1.165) is 5.56 Å². The highest BCUT2D eigenvalue weighted by molar-refractivity contribution is 5.98. The Bertz CT molecular complexity index is 765. The van der Waals surface area contributed by atoms with Crippen molar-refractivity contribution in [2.24, 2.45) is 5.73 Å². The highest BCUT2D eigenvalue weighted by Gasteiger charge is 2.17. The predicted molar refractivity (Wildman–Crippen MR) is 104 cm³/mol. The van der Waals surface area contributed by atoms with Crippen molar-refractivity contribution >= 4 is 17.8 Å². The summed E-state index contributed by atoms with van der Waals surface area (Å²) in [5, 5.41) is 2.60. The van der Waals surface area contributed by atoms with Gasteiger partial charge in [-0.1, -0.05) is 60.7 Å². The van der Waals surface area contributed by atoms with E-state index in [0.29, 0.717) is 24.9 Å². The molecule has 0 aliphatic carbocycles. The van der Waals surface area contributed by atoms with E-state index in [9.17, 15) is 14.4 Å². The van der Waals surface area contributed by atoms with E-state index in [1.54, 1.807) is 30.3 Å². The summed E-state index contributed by atoms with van der Waals surface area (Å²) in [5.41, 5.74) is 7.13. The molecule has 28 heavy (non-hydrogen) atoms. The van der Waals surface area contributed by atoms with Crippen LogP contribution >= 0.6 is 0 Å². The summed E-state index contributed by atoms with van der Waals surface area (Å²) in [7, 11) is 0. The molecule has 1 amide bonds. The molecule has 0 aliphatic heterocycles. The molecule has 0 radical (unpaired) electrons. The van der Waals surface area contributed by atoms with Gasteiger partial charge in [0.1, 0.15) is 12.6 Å². The number of benzene rings is 2. The minimum atomic E-state index is -0.856. The average Bonchev–Trinajstić information content (AvgIpc) is 2.74. The van der Waals surface area contributed by atoms with Gasteiger partial charge in [0.05, 0.1) is 0 Å². The van der Waals surface area contributed by atoms with Crippen LogP contribution in [0.15, 0.2) is 60.7 Å². The standard InChI is InChI=1S/C21H24N2O5/c22-18(20(25)27-15-19(24)17-10-5-2-6-11-17)12-7-13-23-21(26)28-14-16-8-3-1-4-9-16/h1-6,8-11,18H,7,12-15,22H2,(H,23,26)/t18-/m0/s1. The Hall–Kier alpha value is -3.19. The Morgan fingerprint density at radius 3 is 2.25 bits per heavy atom. The fourth-order valence-electron chi connectivity index (χ4n) is 2.36. The zero-order valence-corrected chi connectivity index (χ0v) is 15.5. The van der Waals surface area contributed by atoms with Gasteiger partial charge in [-0.15, -0.1) is 0 Å². The molecule has 148 valence electrons. The number of carbonyl (C=O) groups is 3. The van der Waals surface area contributed by atoms with Crippen molar-refractivity contribution in [2.45, 2.75) is 25.5 Å². The quantitative estimate of drug-likeness (QED) is 0.370. The topological polar surface area (TPSA) is 108 Å². The molecule has 1 atom stereocenters. The number of amides is 1. The molecule has 0 fully saturated rings. The van der Waals surface area contributed by atoms with Gasteiger partial charge in [-0.05, 0) is 18.4 Å². The lowest BCUT2D eigenvalue weighted by Crippen LogP contribution is -2.34. The van der Waals surface area contributed by atoms with Gasteiger partial charge in [0.15, 0.2) is 12.4 Å². The highest BCUT2D eigenvalue weighted by Crippen LogP contribution is 2.03. The Balaban J connectivity index is 1.57. The molecular weight excluding hydrogens is 360 g/mol. The summed E-state index contributed by atoms with van der Waals surface area (Å²) in [6.45, 7) is 0.159. The van der Waals surface area contributed by atoms with E-state index >= 15 is 0 Å². The number of hydrogen-bond donors (Lipinski definition) is 2. The molecule has 0 saturated carbocycles. The fraction of sp³-hybridized carbons (Fsp3) is 0.286. The van der Waals surface area contributed by atoms with Crippen molar-refractivity contribution in [3.8, 4) is 0 Å². The van der Waals surface area contributed by atoms with Gasteiger partial charge in [0.2, 0.25) is 0 Å². The lowest BCUT2D eigenvalue weighted by molar-refractivity contribution is -0.144. The van der Waals surface area contributed by atoms with Crippen LogP contribution in [-0.4, -0.2) is 37.0 Å². The number of hydrogen-bond acceptors (Lipinski definition) is 6. The number of nitrogens with one attached hydrogen (secondary N) is 1. The lowest BCUT2D eigenvalue weighted by Gasteiger charge is -2.11. The van der Waals surface area contributed by atoms with Crippen molar-refractivity contribution in [1.82, 2.24) is 5.32 Å². The van der Waals surface area contributed by atoms with E-state index in [1.807, 2.05) is 30.3 Å². The first kappa shape index (κ1) is 21.1. The summed E-state index contributed by atoms with van der Waals surface area (Å²) >= 11 is 0. The van der Waals surface area contributed by atoms with E-state index in [2.05, 4.69) is 5.32 Å². The molecule has 3 N–H and O–H groups in total. The van der Waals surface area contributed by atoms with Gasteiger partial charge in [0, 0.05) is 12.1 Å². The van der Waals surface area contributed by atoms with Gasteiger partial charge in [-0.25, -0.2) is 4.79 Å². The molecule has 0 aromatic heterocycles. The normalized spacial score (nSPS) is 11.3. The second-order valence-electron chi connectivity index (χ2n) is 6.13. The summed E-state index contributed by atoms with van der Waals surface area (Å²) in [6, 6.07) is 17.1. The molecular formula is C21H24N2O5. The van der Waals surface area contributed by atoms with Gasteiger partial charge in [-0.3, -0.25) is 9.59 Å². The number of ketones is 1. The number of nitrogens with two attached hydrogens (primary N) is 1. The number of rotatable bonds is 10. The van der Waals surface area contributed by atoms with E-state index in [-0.39, 0.29) is 19.0 Å². The fourth-order valence-corrected chi connectivity index (χ4v) is 2.36. The average molecular weight is 384 g/mol. The van der Waals surface area contributed by atoms with Gasteiger partial charge < -0.3 is 20.5 Å². The van der Waals surface area contributed by atoms with Crippen molar-refractivity contribution in [2.75, 3.05) is 13.2 Å². The van der Waals surface area contributed by atoms with E-state index in [4.69, 9.17) is 15.2 Å².